The minimum Gasteiger partial charge on any atom is -0.468 e. The molecule has 1 N–H and O–H groups in total. The summed E-state index contributed by atoms with van der Waals surface area (Å²) in [5.74, 6) is 1.68. The smallest absolute Gasteiger partial charge is 0.323 e. The van der Waals surface area contributed by atoms with Gasteiger partial charge in [-0.25, -0.2) is 0 Å². The number of nitrogens with one attached hydrogen (secondary N) is 1. The molecule has 1 saturated heterocycles. The Kier molecular flexibility index (Phi) is 3.80. The molecule has 2 unspecified atom stereocenters. The first-order valence-electron chi connectivity index (χ1n) is 6.10. The number of rotatable bonds is 5. The second kappa shape index (κ2) is 4.96. The molecule has 0 aromatic rings. The van der Waals surface area contributed by atoms with Crippen LogP contribution in [0.25, 0.3) is 0 Å². The average molecular weight is 243 g/mol. The number of esters is 1. The first-order chi connectivity index (χ1) is 7.64. The Morgan fingerprint density at radius 3 is 2.88 bits per heavy atom. The second-order valence-electron chi connectivity index (χ2n) is 5.12. The number of thioether (sulfide) groups is 1. The van der Waals surface area contributed by atoms with Crippen LogP contribution in [0.1, 0.15) is 32.6 Å². The highest BCUT2D eigenvalue weighted by Crippen LogP contribution is 2.38. The lowest BCUT2D eigenvalue weighted by molar-refractivity contribution is -0.143. The van der Waals surface area contributed by atoms with Gasteiger partial charge in [-0.05, 0) is 44.3 Å². The summed E-state index contributed by atoms with van der Waals surface area (Å²) in [5, 5.41) is 3.42. The van der Waals surface area contributed by atoms with Gasteiger partial charge in [0.2, 0.25) is 0 Å². The summed E-state index contributed by atoms with van der Waals surface area (Å²) >= 11 is 2.02. The number of carbonyl (C=O) groups is 1. The Labute approximate surface area is 102 Å². The normalized spacial score (nSPS) is 31.4. The number of hydrogen-bond acceptors (Lipinski definition) is 4. The standard InChI is InChI=1S/C12H21NO2S/c1-12(6-3-7-16-12)8-13-10(9-4-5-9)11(14)15-2/h9-10,13H,3-8H2,1-2H3. The van der Waals surface area contributed by atoms with Gasteiger partial charge in [0.15, 0.2) is 0 Å². The Morgan fingerprint density at radius 1 is 1.62 bits per heavy atom. The molecule has 92 valence electrons. The molecule has 3 nitrogen and oxygen atoms in total. The van der Waals surface area contributed by atoms with E-state index in [-0.39, 0.29) is 12.0 Å². The van der Waals surface area contributed by atoms with Crippen molar-refractivity contribution in [3.63, 3.8) is 0 Å². The average Bonchev–Trinajstić information content (AvgIpc) is 3.01. The molecule has 1 heterocycles. The molecular formula is C12H21NO2S. The highest BCUT2D eigenvalue weighted by Gasteiger charge is 2.38. The van der Waals surface area contributed by atoms with Gasteiger partial charge in [0.25, 0.3) is 0 Å². The maximum Gasteiger partial charge on any atom is 0.323 e. The molecule has 0 spiro atoms. The highest BCUT2D eigenvalue weighted by atomic mass is 32.2. The third-order valence-electron chi connectivity index (χ3n) is 3.54. The number of ether oxygens (including phenoxy) is 1. The van der Waals surface area contributed by atoms with Gasteiger partial charge >= 0.3 is 5.97 Å². The Hall–Kier alpha value is -0.220. The molecule has 0 radical (unpaired) electrons. The lowest BCUT2D eigenvalue weighted by Crippen LogP contribution is -2.45. The monoisotopic (exact) mass is 243 g/mol. The summed E-state index contributed by atoms with van der Waals surface area (Å²) in [6, 6.07) is -0.0666. The molecule has 1 saturated carbocycles. The van der Waals surface area contributed by atoms with Crippen LogP contribution in [0.4, 0.5) is 0 Å². The summed E-state index contributed by atoms with van der Waals surface area (Å²) < 4.78 is 5.17. The summed E-state index contributed by atoms with van der Waals surface area (Å²) in [6.07, 6.45) is 4.88. The van der Waals surface area contributed by atoms with E-state index < -0.39 is 0 Å². The minimum absolute atomic E-state index is 0.0666. The highest BCUT2D eigenvalue weighted by molar-refractivity contribution is 8.00. The lowest BCUT2D eigenvalue weighted by Gasteiger charge is -2.26. The van der Waals surface area contributed by atoms with Crippen LogP contribution in [0.3, 0.4) is 0 Å². The van der Waals surface area contributed by atoms with Gasteiger partial charge in [0.1, 0.15) is 6.04 Å². The van der Waals surface area contributed by atoms with Crippen molar-refractivity contribution in [2.24, 2.45) is 5.92 Å². The van der Waals surface area contributed by atoms with E-state index in [4.69, 9.17) is 4.74 Å². The maximum atomic E-state index is 11.6. The van der Waals surface area contributed by atoms with Crippen molar-refractivity contribution in [3.8, 4) is 0 Å². The van der Waals surface area contributed by atoms with Crippen molar-refractivity contribution >= 4 is 17.7 Å². The van der Waals surface area contributed by atoms with Gasteiger partial charge in [0, 0.05) is 11.3 Å². The molecule has 0 amide bonds. The van der Waals surface area contributed by atoms with Crippen LogP contribution in [-0.2, 0) is 9.53 Å². The van der Waals surface area contributed by atoms with Crippen LogP contribution >= 0.6 is 11.8 Å². The molecule has 2 atom stereocenters. The van der Waals surface area contributed by atoms with Gasteiger partial charge in [0.05, 0.1) is 7.11 Å². The fraction of sp³-hybridized carbons (Fsp3) is 0.917. The van der Waals surface area contributed by atoms with Gasteiger partial charge in [-0.1, -0.05) is 0 Å². The molecule has 2 aliphatic rings. The second-order valence-corrected chi connectivity index (χ2v) is 6.80. The topological polar surface area (TPSA) is 38.3 Å². The van der Waals surface area contributed by atoms with Crippen LogP contribution in [0.2, 0.25) is 0 Å². The summed E-state index contributed by atoms with van der Waals surface area (Å²) in [7, 11) is 1.48. The molecule has 0 aromatic carbocycles. The zero-order chi connectivity index (χ0) is 11.6. The zero-order valence-corrected chi connectivity index (χ0v) is 10.9. The summed E-state index contributed by atoms with van der Waals surface area (Å²) in [6.45, 7) is 3.22. The van der Waals surface area contributed by atoms with Gasteiger partial charge in [-0.2, -0.15) is 11.8 Å². The fourth-order valence-corrected chi connectivity index (χ4v) is 3.56. The fourth-order valence-electron chi connectivity index (χ4n) is 2.30. The third-order valence-corrected chi connectivity index (χ3v) is 5.08. The summed E-state index contributed by atoms with van der Waals surface area (Å²) in [4.78, 5) is 11.6. The Balaban J connectivity index is 1.83. The molecular weight excluding hydrogens is 222 g/mol. The zero-order valence-electron chi connectivity index (χ0n) is 10.1. The molecule has 4 heteroatoms. The van der Waals surface area contributed by atoms with E-state index in [1.165, 1.54) is 25.7 Å². The van der Waals surface area contributed by atoms with E-state index in [2.05, 4.69) is 12.2 Å². The molecule has 2 fully saturated rings. The largest absolute Gasteiger partial charge is 0.468 e. The number of carbonyl (C=O) groups excluding carboxylic acids is 1. The van der Waals surface area contributed by atoms with Crippen molar-refractivity contribution in [3.05, 3.63) is 0 Å². The quantitative estimate of drug-likeness (QED) is 0.747. The van der Waals surface area contributed by atoms with Crippen LogP contribution in [-0.4, -0.2) is 36.2 Å². The molecule has 1 aliphatic heterocycles. The van der Waals surface area contributed by atoms with E-state index >= 15 is 0 Å². The predicted octanol–water partition coefficient (Wildman–Crippen LogP) is 1.81. The van der Waals surface area contributed by atoms with E-state index in [0.29, 0.717) is 10.7 Å². The first-order valence-corrected chi connectivity index (χ1v) is 7.08. The van der Waals surface area contributed by atoms with Gasteiger partial charge in [-0.3, -0.25) is 4.79 Å². The Morgan fingerprint density at radius 2 is 2.38 bits per heavy atom. The van der Waals surface area contributed by atoms with Gasteiger partial charge < -0.3 is 10.1 Å². The number of hydrogen-bond donors (Lipinski definition) is 1. The van der Waals surface area contributed by atoms with E-state index in [9.17, 15) is 4.79 Å². The molecule has 0 aromatic heterocycles. The first kappa shape index (κ1) is 12.2. The third kappa shape index (κ3) is 2.92. The molecule has 16 heavy (non-hydrogen) atoms. The van der Waals surface area contributed by atoms with Crippen molar-refractivity contribution < 1.29 is 9.53 Å². The van der Waals surface area contributed by atoms with Crippen molar-refractivity contribution in [2.75, 3.05) is 19.4 Å². The van der Waals surface area contributed by atoms with E-state index in [1.807, 2.05) is 11.8 Å². The summed E-state index contributed by atoms with van der Waals surface area (Å²) in [5.41, 5.74) is 0. The number of methoxy groups -OCH3 is 1. The van der Waals surface area contributed by atoms with Crippen molar-refractivity contribution in [1.82, 2.24) is 5.32 Å². The van der Waals surface area contributed by atoms with Crippen LogP contribution in [0.5, 0.6) is 0 Å². The molecule has 2 rings (SSSR count). The van der Waals surface area contributed by atoms with Crippen LogP contribution in [0, 0.1) is 5.92 Å². The lowest BCUT2D eigenvalue weighted by atomic mass is 10.0. The minimum atomic E-state index is -0.0888. The van der Waals surface area contributed by atoms with Crippen molar-refractivity contribution in [2.45, 2.75) is 43.4 Å². The molecule has 1 aliphatic carbocycles. The molecule has 0 bridgehead atoms. The predicted molar refractivity (Wildman–Crippen MR) is 66.6 cm³/mol. The van der Waals surface area contributed by atoms with E-state index in [0.717, 1.165) is 19.4 Å². The van der Waals surface area contributed by atoms with Crippen LogP contribution < -0.4 is 5.32 Å². The maximum absolute atomic E-state index is 11.6. The van der Waals surface area contributed by atoms with Crippen molar-refractivity contribution in [1.29, 1.82) is 0 Å². The SMILES string of the molecule is COC(=O)C(NCC1(C)CCCS1)C1CC1. The van der Waals surface area contributed by atoms with E-state index in [1.54, 1.807) is 0 Å². The van der Waals surface area contributed by atoms with Crippen LogP contribution in [0.15, 0.2) is 0 Å². The Bertz CT molecular complexity index is 260. The van der Waals surface area contributed by atoms with Gasteiger partial charge in [-0.15, -0.1) is 0 Å².